The van der Waals surface area contributed by atoms with Gasteiger partial charge in [0.1, 0.15) is 5.75 Å². The molecule has 0 aliphatic heterocycles. The van der Waals surface area contributed by atoms with Crippen molar-refractivity contribution in [3.63, 3.8) is 0 Å². The van der Waals surface area contributed by atoms with Crippen LogP contribution in [0.5, 0.6) is 5.75 Å². The van der Waals surface area contributed by atoms with Crippen molar-refractivity contribution in [2.45, 2.75) is 38.8 Å². The van der Waals surface area contributed by atoms with E-state index in [4.69, 9.17) is 10.5 Å². The summed E-state index contributed by atoms with van der Waals surface area (Å²) in [6.45, 7) is 2.69. The summed E-state index contributed by atoms with van der Waals surface area (Å²) in [6, 6.07) is 6.16. The zero-order valence-electron chi connectivity index (χ0n) is 8.62. The highest BCUT2D eigenvalue weighted by Gasteiger charge is 2.18. The smallest absolute Gasteiger partial charge is 0.120 e. The average Bonchev–Trinajstić information content (AvgIpc) is 2.12. The third kappa shape index (κ3) is 1.90. The van der Waals surface area contributed by atoms with Crippen molar-refractivity contribution >= 4 is 0 Å². The van der Waals surface area contributed by atoms with E-state index >= 15 is 0 Å². The predicted molar refractivity (Wildman–Crippen MR) is 57.3 cm³/mol. The Balaban J connectivity index is 2.07. The molecule has 0 atom stereocenters. The Morgan fingerprint density at radius 2 is 2.21 bits per heavy atom. The van der Waals surface area contributed by atoms with E-state index in [0.29, 0.717) is 12.6 Å². The van der Waals surface area contributed by atoms with Gasteiger partial charge in [0.25, 0.3) is 0 Å². The SMILES string of the molecule is Cc1cc(OC2CCC2)ccc1CN. The van der Waals surface area contributed by atoms with Crippen LogP contribution in [0, 0.1) is 6.92 Å². The van der Waals surface area contributed by atoms with Crippen molar-refractivity contribution in [3.8, 4) is 5.75 Å². The van der Waals surface area contributed by atoms with Crippen LogP contribution in [0.25, 0.3) is 0 Å². The van der Waals surface area contributed by atoms with Crippen LogP contribution in [0.1, 0.15) is 30.4 Å². The van der Waals surface area contributed by atoms with E-state index in [-0.39, 0.29) is 0 Å². The van der Waals surface area contributed by atoms with Crippen LogP contribution in [0.2, 0.25) is 0 Å². The highest BCUT2D eigenvalue weighted by molar-refractivity contribution is 5.34. The maximum atomic E-state index is 5.79. The first-order valence-electron chi connectivity index (χ1n) is 5.26. The second-order valence-electron chi connectivity index (χ2n) is 3.96. The largest absolute Gasteiger partial charge is 0.490 e. The standard InChI is InChI=1S/C12H17NO/c1-9-7-12(6-5-10(9)8-13)14-11-3-2-4-11/h5-7,11H,2-4,8,13H2,1H3. The van der Waals surface area contributed by atoms with E-state index < -0.39 is 0 Å². The van der Waals surface area contributed by atoms with E-state index in [0.717, 1.165) is 5.75 Å². The Kier molecular flexibility index (Phi) is 2.73. The lowest BCUT2D eigenvalue weighted by Crippen LogP contribution is -2.24. The van der Waals surface area contributed by atoms with Crippen molar-refractivity contribution in [2.75, 3.05) is 0 Å². The molecule has 1 saturated carbocycles. The van der Waals surface area contributed by atoms with Crippen molar-refractivity contribution in [3.05, 3.63) is 29.3 Å². The summed E-state index contributed by atoms with van der Waals surface area (Å²) in [7, 11) is 0. The Bertz CT molecular complexity index is 318. The maximum absolute atomic E-state index is 5.79. The lowest BCUT2D eigenvalue weighted by molar-refractivity contribution is 0.120. The molecule has 0 spiro atoms. The lowest BCUT2D eigenvalue weighted by atomic mass is 9.96. The van der Waals surface area contributed by atoms with Crippen LogP contribution in [-0.4, -0.2) is 6.10 Å². The minimum Gasteiger partial charge on any atom is -0.490 e. The summed E-state index contributed by atoms with van der Waals surface area (Å²) in [5, 5.41) is 0. The van der Waals surface area contributed by atoms with E-state index in [1.165, 1.54) is 30.4 Å². The fourth-order valence-corrected chi connectivity index (χ4v) is 1.65. The molecule has 76 valence electrons. The molecule has 2 nitrogen and oxygen atoms in total. The molecule has 14 heavy (non-hydrogen) atoms. The van der Waals surface area contributed by atoms with Gasteiger partial charge in [-0.3, -0.25) is 0 Å². The summed E-state index contributed by atoms with van der Waals surface area (Å²) in [4.78, 5) is 0. The van der Waals surface area contributed by atoms with Gasteiger partial charge < -0.3 is 10.5 Å². The Morgan fingerprint density at radius 1 is 1.43 bits per heavy atom. The molecule has 1 aromatic carbocycles. The number of hydrogen-bond donors (Lipinski definition) is 1. The number of nitrogens with two attached hydrogens (primary N) is 1. The molecular formula is C12H17NO. The van der Waals surface area contributed by atoms with Gasteiger partial charge in [-0.1, -0.05) is 6.07 Å². The zero-order chi connectivity index (χ0) is 9.97. The third-order valence-corrected chi connectivity index (χ3v) is 2.89. The van der Waals surface area contributed by atoms with Gasteiger partial charge in [0.05, 0.1) is 6.10 Å². The number of ether oxygens (including phenoxy) is 1. The summed E-state index contributed by atoms with van der Waals surface area (Å²) in [6.07, 6.45) is 4.18. The topological polar surface area (TPSA) is 35.2 Å². The molecule has 2 heteroatoms. The van der Waals surface area contributed by atoms with Crippen LogP contribution in [0.4, 0.5) is 0 Å². The summed E-state index contributed by atoms with van der Waals surface area (Å²) in [5.74, 6) is 0.990. The molecule has 0 heterocycles. The first-order valence-corrected chi connectivity index (χ1v) is 5.26. The normalized spacial score (nSPS) is 16.4. The van der Waals surface area contributed by atoms with Crippen molar-refractivity contribution in [1.29, 1.82) is 0 Å². The minimum atomic E-state index is 0.457. The molecule has 0 radical (unpaired) electrons. The average molecular weight is 191 g/mol. The number of benzene rings is 1. The van der Waals surface area contributed by atoms with Crippen LogP contribution in [0.3, 0.4) is 0 Å². The molecule has 1 aliphatic rings. The van der Waals surface area contributed by atoms with Crippen LogP contribution in [-0.2, 0) is 6.54 Å². The van der Waals surface area contributed by atoms with Crippen LogP contribution in [0.15, 0.2) is 18.2 Å². The van der Waals surface area contributed by atoms with Gasteiger partial charge in [0.2, 0.25) is 0 Å². The van der Waals surface area contributed by atoms with Gasteiger partial charge in [-0.25, -0.2) is 0 Å². The second-order valence-corrected chi connectivity index (χ2v) is 3.96. The van der Waals surface area contributed by atoms with Crippen LogP contribution < -0.4 is 10.5 Å². The molecule has 2 N–H and O–H groups in total. The van der Waals surface area contributed by atoms with Gasteiger partial charge in [-0.05, 0) is 49.4 Å². The lowest BCUT2D eigenvalue weighted by Gasteiger charge is -2.26. The summed E-state index contributed by atoms with van der Waals surface area (Å²) in [5.41, 5.74) is 8.02. The van der Waals surface area contributed by atoms with Crippen molar-refractivity contribution < 1.29 is 4.74 Å². The van der Waals surface area contributed by atoms with E-state index in [9.17, 15) is 0 Å². The van der Waals surface area contributed by atoms with Crippen molar-refractivity contribution in [2.24, 2.45) is 5.73 Å². The fraction of sp³-hybridized carbons (Fsp3) is 0.500. The zero-order valence-corrected chi connectivity index (χ0v) is 8.62. The van der Waals surface area contributed by atoms with Gasteiger partial charge in [0.15, 0.2) is 0 Å². The Morgan fingerprint density at radius 3 is 2.71 bits per heavy atom. The second kappa shape index (κ2) is 4.01. The van der Waals surface area contributed by atoms with Crippen molar-refractivity contribution in [1.82, 2.24) is 0 Å². The first kappa shape index (κ1) is 9.53. The van der Waals surface area contributed by atoms with Gasteiger partial charge in [-0.15, -0.1) is 0 Å². The minimum absolute atomic E-state index is 0.457. The molecule has 1 aliphatic carbocycles. The third-order valence-electron chi connectivity index (χ3n) is 2.89. The Labute approximate surface area is 85.1 Å². The maximum Gasteiger partial charge on any atom is 0.120 e. The molecule has 1 fully saturated rings. The predicted octanol–water partition coefficient (Wildman–Crippen LogP) is 2.39. The Hall–Kier alpha value is -1.02. The van der Waals surface area contributed by atoms with Gasteiger partial charge in [-0.2, -0.15) is 0 Å². The summed E-state index contributed by atoms with van der Waals surface area (Å²) >= 11 is 0. The first-order chi connectivity index (χ1) is 6.79. The molecule has 0 unspecified atom stereocenters. The van der Waals surface area contributed by atoms with Gasteiger partial charge >= 0.3 is 0 Å². The summed E-state index contributed by atoms with van der Waals surface area (Å²) < 4.78 is 5.79. The molecule has 2 rings (SSSR count). The molecular weight excluding hydrogens is 174 g/mol. The van der Waals surface area contributed by atoms with Gasteiger partial charge in [0, 0.05) is 6.54 Å². The molecule has 1 aromatic rings. The fourth-order valence-electron chi connectivity index (χ4n) is 1.65. The quantitative estimate of drug-likeness (QED) is 0.796. The number of hydrogen-bond acceptors (Lipinski definition) is 2. The number of rotatable bonds is 3. The van der Waals surface area contributed by atoms with E-state index in [1.54, 1.807) is 0 Å². The van der Waals surface area contributed by atoms with E-state index in [2.05, 4.69) is 19.1 Å². The highest BCUT2D eigenvalue weighted by atomic mass is 16.5. The molecule has 0 amide bonds. The monoisotopic (exact) mass is 191 g/mol. The number of aryl methyl sites for hydroxylation is 1. The van der Waals surface area contributed by atoms with Crippen LogP contribution >= 0.6 is 0 Å². The molecule has 0 aromatic heterocycles. The molecule has 0 bridgehead atoms. The highest BCUT2D eigenvalue weighted by Crippen LogP contribution is 2.26. The van der Waals surface area contributed by atoms with E-state index in [1.807, 2.05) is 6.07 Å². The molecule has 0 saturated heterocycles.